The Labute approximate surface area is 72.9 Å². The van der Waals surface area contributed by atoms with E-state index >= 15 is 0 Å². The third kappa shape index (κ3) is 2.17. The quantitative estimate of drug-likeness (QED) is 0.512. The van der Waals surface area contributed by atoms with Gasteiger partial charge in [0.2, 0.25) is 0 Å². The molecule has 1 heterocycles. The van der Waals surface area contributed by atoms with Crippen molar-refractivity contribution in [2.75, 3.05) is 6.61 Å². The molecule has 0 amide bonds. The minimum Gasteiger partial charge on any atom is -0.395 e. The van der Waals surface area contributed by atoms with Crippen molar-refractivity contribution in [1.82, 2.24) is 0 Å². The molecule has 0 aromatic heterocycles. The van der Waals surface area contributed by atoms with Crippen LogP contribution in [-0.4, -0.2) is 36.0 Å². The zero-order valence-corrected chi connectivity index (χ0v) is 7.44. The summed E-state index contributed by atoms with van der Waals surface area (Å²) in [6.45, 7) is 1.92. The van der Waals surface area contributed by atoms with Crippen molar-refractivity contribution in [2.24, 2.45) is 11.5 Å². The van der Waals surface area contributed by atoms with Crippen molar-refractivity contribution < 1.29 is 9.84 Å². The van der Waals surface area contributed by atoms with Gasteiger partial charge in [-0.3, -0.25) is 0 Å². The first-order chi connectivity index (χ1) is 5.65. The van der Waals surface area contributed by atoms with Gasteiger partial charge in [0.25, 0.3) is 0 Å². The maximum atomic E-state index is 8.80. The van der Waals surface area contributed by atoms with E-state index in [1.54, 1.807) is 0 Å². The van der Waals surface area contributed by atoms with E-state index < -0.39 is 0 Å². The Morgan fingerprint density at radius 2 is 2.25 bits per heavy atom. The summed E-state index contributed by atoms with van der Waals surface area (Å²) < 4.78 is 5.54. The fraction of sp³-hybridized carbons (Fsp3) is 1.00. The Balaban J connectivity index is 2.39. The zero-order valence-electron chi connectivity index (χ0n) is 7.44. The number of hydrogen-bond donors (Lipinski definition) is 3. The van der Waals surface area contributed by atoms with E-state index in [9.17, 15) is 0 Å². The summed E-state index contributed by atoms with van der Waals surface area (Å²) in [4.78, 5) is 0. The second-order valence-electron chi connectivity index (χ2n) is 3.47. The van der Waals surface area contributed by atoms with Crippen LogP contribution in [0.5, 0.6) is 0 Å². The van der Waals surface area contributed by atoms with Crippen LogP contribution in [0.4, 0.5) is 0 Å². The highest BCUT2D eigenvalue weighted by Crippen LogP contribution is 2.19. The minimum absolute atomic E-state index is 0.0212. The number of ether oxygens (including phenoxy) is 1. The fourth-order valence-electron chi connectivity index (χ4n) is 1.47. The molecule has 4 heteroatoms. The Bertz CT molecular complexity index is 143. The second-order valence-corrected chi connectivity index (χ2v) is 3.47. The fourth-order valence-corrected chi connectivity index (χ4v) is 1.47. The molecule has 4 nitrogen and oxygen atoms in total. The monoisotopic (exact) mass is 174 g/mol. The van der Waals surface area contributed by atoms with Crippen LogP contribution in [0.25, 0.3) is 0 Å². The van der Waals surface area contributed by atoms with Crippen LogP contribution in [0, 0.1) is 0 Å². The molecule has 0 aromatic rings. The van der Waals surface area contributed by atoms with Crippen molar-refractivity contribution in [3.8, 4) is 0 Å². The standard InChI is InChI=1S/C8H18N2O2/c1-5-6(9)2-3-8(12-5)7(10)4-11/h5-8,11H,2-4,9-10H2,1H3/t5-,6?,7?,8?/m1/s1. The number of hydrogen-bond acceptors (Lipinski definition) is 4. The van der Waals surface area contributed by atoms with Crippen LogP contribution in [0.15, 0.2) is 0 Å². The molecule has 1 fully saturated rings. The molecule has 1 saturated heterocycles. The topological polar surface area (TPSA) is 81.5 Å². The molecule has 0 spiro atoms. The van der Waals surface area contributed by atoms with E-state index in [2.05, 4.69) is 0 Å². The summed E-state index contributed by atoms with van der Waals surface area (Å²) in [6, 6.07) is -0.146. The molecule has 1 rings (SSSR count). The van der Waals surface area contributed by atoms with Gasteiger partial charge >= 0.3 is 0 Å². The van der Waals surface area contributed by atoms with Crippen molar-refractivity contribution >= 4 is 0 Å². The second kappa shape index (κ2) is 4.18. The lowest BCUT2D eigenvalue weighted by molar-refractivity contribution is -0.0684. The van der Waals surface area contributed by atoms with Crippen molar-refractivity contribution in [3.63, 3.8) is 0 Å². The molecule has 0 aliphatic carbocycles. The molecule has 4 atom stereocenters. The average molecular weight is 174 g/mol. The molecule has 1 aliphatic rings. The van der Waals surface area contributed by atoms with Gasteiger partial charge in [0.15, 0.2) is 0 Å². The lowest BCUT2D eigenvalue weighted by Gasteiger charge is -2.34. The van der Waals surface area contributed by atoms with Gasteiger partial charge in [-0.25, -0.2) is 0 Å². The Hall–Kier alpha value is -0.160. The molecule has 5 N–H and O–H groups in total. The van der Waals surface area contributed by atoms with E-state index in [0.29, 0.717) is 0 Å². The van der Waals surface area contributed by atoms with Gasteiger partial charge in [-0.1, -0.05) is 0 Å². The lowest BCUT2D eigenvalue weighted by atomic mass is 9.97. The molecular formula is C8H18N2O2. The van der Waals surface area contributed by atoms with Crippen LogP contribution < -0.4 is 11.5 Å². The summed E-state index contributed by atoms with van der Waals surface area (Å²) in [5.74, 6) is 0. The van der Waals surface area contributed by atoms with Crippen molar-refractivity contribution in [2.45, 2.75) is 44.1 Å². The first kappa shape index (κ1) is 9.92. The van der Waals surface area contributed by atoms with Gasteiger partial charge in [-0.15, -0.1) is 0 Å². The molecule has 0 bridgehead atoms. The van der Waals surface area contributed by atoms with Gasteiger partial charge in [-0.2, -0.15) is 0 Å². The molecule has 72 valence electrons. The van der Waals surface area contributed by atoms with Gasteiger partial charge < -0.3 is 21.3 Å². The largest absolute Gasteiger partial charge is 0.395 e. The molecular weight excluding hydrogens is 156 g/mol. The van der Waals surface area contributed by atoms with Crippen molar-refractivity contribution in [3.05, 3.63) is 0 Å². The first-order valence-corrected chi connectivity index (χ1v) is 4.42. The summed E-state index contributed by atoms with van der Waals surface area (Å²) in [6.07, 6.45) is 1.82. The van der Waals surface area contributed by atoms with Crippen molar-refractivity contribution in [1.29, 1.82) is 0 Å². The third-order valence-corrected chi connectivity index (χ3v) is 2.47. The van der Waals surface area contributed by atoms with Gasteiger partial charge in [0.05, 0.1) is 24.9 Å². The minimum atomic E-state index is -0.264. The molecule has 3 unspecified atom stereocenters. The molecule has 0 saturated carbocycles. The number of aliphatic hydroxyl groups excluding tert-OH is 1. The van der Waals surface area contributed by atoms with Crippen LogP contribution >= 0.6 is 0 Å². The lowest BCUT2D eigenvalue weighted by Crippen LogP contribution is -2.49. The maximum Gasteiger partial charge on any atom is 0.0753 e. The molecule has 1 aliphatic heterocycles. The van der Waals surface area contributed by atoms with E-state index in [1.165, 1.54) is 0 Å². The predicted molar refractivity (Wildman–Crippen MR) is 46.6 cm³/mol. The number of rotatable bonds is 2. The third-order valence-electron chi connectivity index (χ3n) is 2.47. The summed E-state index contributed by atoms with van der Waals surface area (Å²) in [5.41, 5.74) is 11.4. The average Bonchev–Trinajstić information content (AvgIpc) is 2.08. The summed E-state index contributed by atoms with van der Waals surface area (Å²) in [7, 11) is 0. The van der Waals surface area contributed by atoms with E-state index in [-0.39, 0.29) is 30.9 Å². The Morgan fingerprint density at radius 3 is 2.75 bits per heavy atom. The molecule has 12 heavy (non-hydrogen) atoms. The number of aliphatic hydroxyl groups is 1. The van der Waals surface area contributed by atoms with E-state index in [0.717, 1.165) is 12.8 Å². The Morgan fingerprint density at radius 1 is 1.58 bits per heavy atom. The molecule has 0 aromatic carbocycles. The predicted octanol–water partition coefficient (Wildman–Crippen LogP) is -0.799. The van der Waals surface area contributed by atoms with Crippen LogP contribution in [0.3, 0.4) is 0 Å². The normalized spacial score (nSPS) is 39.5. The SMILES string of the molecule is C[C@H]1OC(C(N)CO)CCC1N. The maximum absolute atomic E-state index is 8.80. The smallest absolute Gasteiger partial charge is 0.0753 e. The number of nitrogens with two attached hydrogens (primary N) is 2. The zero-order chi connectivity index (χ0) is 9.14. The van der Waals surface area contributed by atoms with Crippen LogP contribution in [0.1, 0.15) is 19.8 Å². The van der Waals surface area contributed by atoms with E-state index in [4.69, 9.17) is 21.3 Å². The highest BCUT2D eigenvalue weighted by molar-refractivity contribution is 4.83. The summed E-state index contributed by atoms with van der Waals surface area (Å²) in [5, 5.41) is 8.80. The highest BCUT2D eigenvalue weighted by atomic mass is 16.5. The van der Waals surface area contributed by atoms with Gasteiger partial charge in [-0.05, 0) is 19.8 Å². The van der Waals surface area contributed by atoms with Gasteiger partial charge in [0.1, 0.15) is 0 Å². The summed E-state index contributed by atoms with van der Waals surface area (Å²) >= 11 is 0. The van der Waals surface area contributed by atoms with Gasteiger partial charge in [0, 0.05) is 6.04 Å². The van der Waals surface area contributed by atoms with Crippen LogP contribution in [0.2, 0.25) is 0 Å². The van der Waals surface area contributed by atoms with E-state index in [1.807, 2.05) is 6.92 Å². The molecule has 0 radical (unpaired) electrons. The van der Waals surface area contributed by atoms with Crippen LogP contribution in [-0.2, 0) is 4.74 Å². The Kier molecular flexibility index (Phi) is 3.46. The first-order valence-electron chi connectivity index (χ1n) is 4.42. The highest BCUT2D eigenvalue weighted by Gasteiger charge is 2.28.